The van der Waals surface area contributed by atoms with Crippen molar-refractivity contribution in [3.8, 4) is 11.4 Å². The number of nitrogens with one attached hydrogen (secondary N) is 2. The molecule has 18 heavy (non-hydrogen) atoms. The molecule has 0 aliphatic heterocycles. The van der Waals surface area contributed by atoms with Gasteiger partial charge in [-0.3, -0.25) is 4.79 Å². The molecule has 7 heteroatoms. The summed E-state index contributed by atoms with van der Waals surface area (Å²) in [7, 11) is 0. The summed E-state index contributed by atoms with van der Waals surface area (Å²) in [5.41, 5.74) is 1.19. The van der Waals surface area contributed by atoms with E-state index in [1.807, 2.05) is 0 Å². The lowest BCUT2D eigenvalue weighted by Gasteiger charge is -2.10. The molecule has 1 aromatic heterocycles. The Hall–Kier alpha value is -2.28. The predicted molar refractivity (Wildman–Crippen MR) is 63.6 cm³/mol. The van der Waals surface area contributed by atoms with E-state index in [4.69, 9.17) is 5.11 Å². The van der Waals surface area contributed by atoms with E-state index in [1.165, 1.54) is 0 Å². The summed E-state index contributed by atoms with van der Waals surface area (Å²) in [6, 6.07) is 6.60. The van der Waals surface area contributed by atoms with E-state index in [9.17, 15) is 4.79 Å². The zero-order chi connectivity index (χ0) is 13.0. The molecule has 0 bridgehead atoms. The highest BCUT2D eigenvalue weighted by Gasteiger charge is 2.11. The summed E-state index contributed by atoms with van der Waals surface area (Å²) in [5.74, 6) is 0.182. The Morgan fingerprint density at radius 3 is 3.06 bits per heavy atom. The van der Waals surface area contributed by atoms with Gasteiger partial charge in [-0.05, 0) is 24.3 Å². The Morgan fingerprint density at radius 1 is 1.56 bits per heavy atom. The second kappa shape index (κ2) is 5.37. The number of aromatic nitrogens is 4. The fourth-order valence-corrected chi connectivity index (χ4v) is 1.44. The Bertz CT molecular complexity index is 526. The van der Waals surface area contributed by atoms with Gasteiger partial charge in [-0.15, -0.1) is 10.2 Å². The third-order valence-electron chi connectivity index (χ3n) is 2.38. The Balaban J connectivity index is 2.20. The number of aliphatic hydroxyl groups is 1. The summed E-state index contributed by atoms with van der Waals surface area (Å²) >= 11 is 0. The number of carbonyl (C=O) groups is 1. The minimum absolute atomic E-state index is 0.101. The zero-order valence-corrected chi connectivity index (χ0v) is 9.79. The fourth-order valence-electron chi connectivity index (χ4n) is 1.44. The first-order valence-electron chi connectivity index (χ1n) is 5.46. The van der Waals surface area contributed by atoms with Gasteiger partial charge in [-0.25, -0.2) is 0 Å². The van der Waals surface area contributed by atoms with Gasteiger partial charge in [0.15, 0.2) is 0 Å². The number of hydrogen-bond donors (Lipinski definition) is 3. The van der Waals surface area contributed by atoms with Crippen molar-refractivity contribution in [2.24, 2.45) is 0 Å². The van der Waals surface area contributed by atoms with Crippen LogP contribution >= 0.6 is 0 Å². The standard InChI is InChI=1S/C11H13N5O2/c1-7(6-17)12-11(18)9-4-2-3-8(5-9)10-13-15-16-14-10/h2-5,7,17H,6H2,1H3,(H,12,18)(H,13,14,15,16). The van der Waals surface area contributed by atoms with Crippen LogP contribution < -0.4 is 5.32 Å². The van der Waals surface area contributed by atoms with Gasteiger partial charge in [-0.1, -0.05) is 12.1 Å². The topological polar surface area (TPSA) is 104 Å². The van der Waals surface area contributed by atoms with Crippen LogP contribution in [0.4, 0.5) is 0 Å². The average Bonchev–Trinajstić information content (AvgIpc) is 2.92. The van der Waals surface area contributed by atoms with Gasteiger partial charge in [0.05, 0.1) is 6.61 Å². The van der Waals surface area contributed by atoms with E-state index in [2.05, 4.69) is 25.9 Å². The molecule has 1 atom stereocenters. The quantitative estimate of drug-likeness (QED) is 0.704. The molecule has 1 amide bonds. The lowest BCUT2D eigenvalue weighted by atomic mass is 10.1. The number of carbonyl (C=O) groups excluding carboxylic acids is 1. The molecule has 1 unspecified atom stereocenters. The Kier molecular flexibility index (Phi) is 3.63. The molecular weight excluding hydrogens is 234 g/mol. The fraction of sp³-hybridized carbons (Fsp3) is 0.273. The van der Waals surface area contributed by atoms with Crippen LogP contribution in [0.1, 0.15) is 17.3 Å². The Labute approximate surface area is 103 Å². The first-order valence-corrected chi connectivity index (χ1v) is 5.46. The second-order valence-electron chi connectivity index (χ2n) is 3.87. The number of aromatic amines is 1. The number of benzene rings is 1. The second-order valence-corrected chi connectivity index (χ2v) is 3.87. The van der Waals surface area contributed by atoms with Crippen molar-refractivity contribution in [2.75, 3.05) is 6.61 Å². The number of nitrogens with zero attached hydrogens (tertiary/aromatic N) is 3. The molecule has 2 aromatic rings. The Morgan fingerprint density at radius 2 is 2.39 bits per heavy atom. The van der Waals surface area contributed by atoms with Gasteiger partial charge in [0.2, 0.25) is 5.82 Å². The number of hydrogen-bond acceptors (Lipinski definition) is 5. The van der Waals surface area contributed by atoms with E-state index >= 15 is 0 Å². The van der Waals surface area contributed by atoms with Crippen LogP contribution in [0.15, 0.2) is 24.3 Å². The van der Waals surface area contributed by atoms with Crippen LogP contribution in [0, 0.1) is 0 Å². The zero-order valence-electron chi connectivity index (χ0n) is 9.79. The van der Waals surface area contributed by atoms with E-state index in [0.29, 0.717) is 17.0 Å². The molecule has 0 aliphatic rings. The SMILES string of the molecule is CC(CO)NC(=O)c1cccc(-c2nn[nH]n2)c1. The summed E-state index contributed by atoms with van der Waals surface area (Å²) in [6.45, 7) is 1.62. The van der Waals surface area contributed by atoms with Gasteiger partial charge in [0.1, 0.15) is 0 Å². The maximum atomic E-state index is 11.8. The maximum absolute atomic E-state index is 11.8. The van der Waals surface area contributed by atoms with Gasteiger partial charge in [0, 0.05) is 17.2 Å². The number of tetrazole rings is 1. The summed E-state index contributed by atoms with van der Waals surface area (Å²) in [6.07, 6.45) is 0. The molecule has 0 saturated carbocycles. The molecule has 1 aromatic carbocycles. The van der Waals surface area contributed by atoms with Crippen LogP contribution in [-0.4, -0.2) is 44.3 Å². The first-order chi connectivity index (χ1) is 8.70. The molecule has 0 fully saturated rings. The van der Waals surface area contributed by atoms with Crippen molar-refractivity contribution < 1.29 is 9.90 Å². The van der Waals surface area contributed by atoms with Gasteiger partial charge in [-0.2, -0.15) is 5.21 Å². The van der Waals surface area contributed by atoms with Crippen LogP contribution in [0.5, 0.6) is 0 Å². The number of amides is 1. The number of rotatable bonds is 4. The molecule has 0 spiro atoms. The molecule has 2 rings (SSSR count). The van der Waals surface area contributed by atoms with Crippen LogP contribution in [-0.2, 0) is 0 Å². The van der Waals surface area contributed by atoms with Gasteiger partial charge < -0.3 is 10.4 Å². The summed E-state index contributed by atoms with van der Waals surface area (Å²) in [5, 5.41) is 25.1. The maximum Gasteiger partial charge on any atom is 0.251 e. The van der Waals surface area contributed by atoms with E-state index in [0.717, 1.165) is 0 Å². The smallest absolute Gasteiger partial charge is 0.251 e. The van der Waals surface area contributed by atoms with Crippen molar-refractivity contribution in [3.05, 3.63) is 29.8 Å². The predicted octanol–water partition coefficient (Wildman–Crippen LogP) is -0.0227. The molecular formula is C11H13N5O2. The number of aliphatic hydroxyl groups excluding tert-OH is 1. The molecule has 94 valence electrons. The average molecular weight is 247 g/mol. The van der Waals surface area contributed by atoms with Gasteiger partial charge in [0.25, 0.3) is 5.91 Å². The minimum atomic E-state index is -0.286. The van der Waals surface area contributed by atoms with Crippen molar-refractivity contribution in [1.29, 1.82) is 0 Å². The third-order valence-corrected chi connectivity index (χ3v) is 2.38. The van der Waals surface area contributed by atoms with Crippen LogP contribution in [0.2, 0.25) is 0 Å². The summed E-state index contributed by atoms with van der Waals surface area (Å²) < 4.78 is 0. The van der Waals surface area contributed by atoms with Crippen molar-refractivity contribution in [1.82, 2.24) is 25.9 Å². The van der Waals surface area contributed by atoms with E-state index in [-0.39, 0.29) is 18.6 Å². The third kappa shape index (κ3) is 2.69. The monoisotopic (exact) mass is 247 g/mol. The molecule has 0 radical (unpaired) electrons. The highest BCUT2D eigenvalue weighted by atomic mass is 16.3. The van der Waals surface area contributed by atoms with Crippen LogP contribution in [0.25, 0.3) is 11.4 Å². The van der Waals surface area contributed by atoms with Crippen LogP contribution in [0.3, 0.4) is 0 Å². The lowest BCUT2D eigenvalue weighted by Crippen LogP contribution is -2.34. The molecule has 7 nitrogen and oxygen atoms in total. The first kappa shape index (κ1) is 12.2. The van der Waals surface area contributed by atoms with Gasteiger partial charge >= 0.3 is 0 Å². The van der Waals surface area contributed by atoms with Crippen molar-refractivity contribution in [3.63, 3.8) is 0 Å². The number of H-pyrrole nitrogens is 1. The normalized spacial score (nSPS) is 12.1. The highest BCUT2D eigenvalue weighted by Crippen LogP contribution is 2.14. The summed E-state index contributed by atoms with van der Waals surface area (Å²) in [4.78, 5) is 11.8. The van der Waals surface area contributed by atoms with E-state index < -0.39 is 0 Å². The molecule has 1 heterocycles. The van der Waals surface area contributed by atoms with Crippen molar-refractivity contribution in [2.45, 2.75) is 13.0 Å². The minimum Gasteiger partial charge on any atom is -0.394 e. The molecule has 0 saturated heterocycles. The molecule has 0 aliphatic carbocycles. The van der Waals surface area contributed by atoms with Crippen molar-refractivity contribution >= 4 is 5.91 Å². The highest BCUT2D eigenvalue weighted by molar-refractivity contribution is 5.95. The largest absolute Gasteiger partial charge is 0.394 e. The van der Waals surface area contributed by atoms with E-state index in [1.54, 1.807) is 31.2 Å². The molecule has 3 N–H and O–H groups in total. The lowest BCUT2D eigenvalue weighted by molar-refractivity contribution is 0.0922.